The third kappa shape index (κ3) is 9.43. The maximum absolute atomic E-state index is 12.4. The fourth-order valence-electron chi connectivity index (χ4n) is 1.69. The molecule has 9 heteroatoms. The Morgan fingerprint density at radius 1 is 1.12 bits per heavy atom. The van der Waals surface area contributed by atoms with Crippen LogP contribution in [-0.4, -0.2) is 37.4 Å². The van der Waals surface area contributed by atoms with E-state index in [0.717, 1.165) is 0 Å². The van der Waals surface area contributed by atoms with Crippen molar-refractivity contribution in [2.75, 3.05) is 13.7 Å². The first-order valence-corrected chi connectivity index (χ1v) is 7.46. The van der Waals surface area contributed by atoms with Crippen LogP contribution in [0, 0.1) is 0 Å². The Morgan fingerprint density at radius 2 is 1.72 bits per heavy atom. The van der Waals surface area contributed by atoms with Crippen LogP contribution in [0.1, 0.15) is 26.3 Å². The lowest BCUT2D eigenvalue weighted by Gasteiger charge is -2.20. The predicted octanol–water partition coefficient (Wildman–Crippen LogP) is 3.23. The quantitative estimate of drug-likeness (QED) is 0.491. The Kier molecular flexibility index (Phi) is 7.08. The van der Waals surface area contributed by atoms with E-state index in [2.05, 4.69) is 15.8 Å². The van der Waals surface area contributed by atoms with E-state index >= 15 is 0 Å². The smallest absolute Gasteiger partial charge is 0.426 e. The largest absolute Gasteiger partial charge is 0.497 e. The van der Waals surface area contributed by atoms with Crippen molar-refractivity contribution in [3.8, 4) is 5.75 Å². The van der Waals surface area contributed by atoms with Crippen LogP contribution in [-0.2, 0) is 11.2 Å². The lowest BCUT2D eigenvalue weighted by molar-refractivity contribution is -0.118. The van der Waals surface area contributed by atoms with Crippen molar-refractivity contribution < 1.29 is 27.4 Å². The van der Waals surface area contributed by atoms with Crippen molar-refractivity contribution >= 4 is 11.9 Å². The average molecular weight is 361 g/mol. The number of carbonyl (C=O) groups excluding carboxylic acids is 1. The average Bonchev–Trinajstić information content (AvgIpc) is 2.48. The number of amidine groups is 1. The van der Waals surface area contributed by atoms with Crippen molar-refractivity contribution in [3.05, 3.63) is 29.8 Å². The van der Waals surface area contributed by atoms with Gasteiger partial charge in [-0.25, -0.2) is 10.2 Å². The molecule has 1 aromatic rings. The molecule has 1 amide bonds. The number of carbonyl (C=O) groups is 1. The van der Waals surface area contributed by atoms with E-state index in [4.69, 9.17) is 9.47 Å². The van der Waals surface area contributed by atoms with Crippen molar-refractivity contribution in [2.45, 2.75) is 39.0 Å². The Labute approximate surface area is 144 Å². The molecule has 6 nitrogen and oxygen atoms in total. The molecule has 0 saturated heterocycles. The Bertz CT molecular complexity index is 593. The van der Waals surface area contributed by atoms with Gasteiger partial charge in [0.05, 0.1) is 7.11 Å². The number of hydrazine groups is 1. The fraction of sp³-hybridized carbons (Fsp3) is 0.500. The summed E-state index contributed by atoms with van der Waals surface area (Å²) in [6.45, 7) is 3.65. The lowest BCUT2D eigenvalue weighted by atomic mass is 10.1. The monoisotopic (exact) mass is 361 g/mol. The molecule has 0 radical (unpaired) electrons. The summed E-state index contributed by atoms with van der Waals surface area (Å²) in [4.78, 5) is 15.1. The van der Waals surface area contributed by atoms with Gasteiger partial charge >= 0.3 is 12.3 Å². The highest BCUT2D eigenvalue weighted by Crippen LogP contribution is 2.15. The summed E-state index contributed by atoms with van der Waals surface area (Å²) in [5.41, 5.74) is 4.53. The number of nitrogens with zero attached hydrogens (tertiary/aromatic N) is 1. The third-order valence-corrected chi connectivity index (χ3v) is 2.69. The first-order valence-electron chi connectivity index (χ1n) is 7.46. The molecule has 1 rings (SSSR count). The van der Waals surface area contributed by atoms with E-state index in [9.17, 15) is 18.0 Å². The summed E-state index contributed by atoms with van der Waals surface area (Å²) in [5, 5.41) is 0. The van der Waals surface area contributed by atoms with Gasteiger partial charge in [-0.3, -0.25) is 10.4 Å². The number of amides is 1. The number of alkyl halides is 3. The van der Waals surface area contributed by atoms with Crippen LogP contribution in [0.5, 0.6) is 5.75 Å². The number of benzene rings is 1. The molecule has 140 valence electrons. The van der Waals surface area contributed by atoms with Crippen LogP contribution in [0.15, 0.2) is 29.3 Å². The van der Waals surface area contributed by atoms with E-state index in [1.165, 1.54) is 7.11 Å². The molecule has 0 fully saturated rings. The van der Waals surface area contributed by atoms with Crippen LogP contribution in [0.4, 0.5) is 18.0 Å². The van der Waals surface area contributed by atoms with Crippen molar-refractivity contribution in [1.82, 2.24) is 10.9 Å². The zero-order chi connectivity index (χ0) is 19.1. The van der Waals surface area contributed by atoms with Gasteiger partial charge in [0.15, 0.2) is 0 Å². The number of hydrogen-bond donors (Lipinski definition) is 2. The Hall–Kier alpha value is -2.45. The van der Waals surface area contributed by atoms with E-state index in [-0.39, 0.29) is 12.3 Å². The number of hydrogen-bond acceptors (Lipinski definition) is 4. The summed E-state index contributed by atoms with van der Waals surface area (Å²) in [6.07, 6.45) is -5.20. The lowest BCUT2D eigenvalue weighted by Crippen LogP contribution is -2.45. The first kappa shape index (κ1) is 20.6. The summed E-state index contributed by atoms with van der Waals surface area (Å²) in [7, 11) is 1.51. The number of halogens is 3. The molecule has 0 aromatic heterocycles. The molecule has 0 saturated carbocycles. The minimum atomic E-state index is -4.45. The molecule has 1 aromatic carbocycles. The minimum absolute atomic E-state index is 0.0478. The van der Waals surface area contributed by atoms with Crippen LogP contribution in [0.3, 0.4) is 0 Å². The maximum atomic E-state index is 12.4. The Morgan fingerprint density at radius 3 is 2.20 bits per heavy atom. The van der Waals surface area contributed by atoms with E-state index in [1.54, 1.807) is 45.0 Å². The fourth-order valence-corrected chi connectivity index (χ4v) is 1.69. The van der Waals surface area contributed by atoms with Gasteiger partial charge in [-0.2, -0.15) is 13.2 Å². The van der Waals surface area contributed by atoms with Crippen molar-refractivity contribution in [1.29, 1.82) is 0 Å². The highest BCUT2D eigenvalue weighted by Gasteiger charge is 2.27. The zero-order valence-electron chi connectivity index (χ0n) is 14.5. The van der Waals surface area contributed by atoms with E-state index in [1.807, 2.05) is 0 Å². The van der Waals surface area contributed by atoms with Gasteiger partial charge in [0.2, 0.25) is 0 Å². The predicted molar refractivity (Wildman–Crippen MR) is 87.6 cm³/mol. The second-order valence-corrected chi connectivity index (χ2v) is 6.15. The van der Waals surface area contributed by atoms with Gasteiger partial charge in [0.25, 0.3) is 0 Å². The van der Waals surface area contributed by atoms with Crippen LogP contribution >= 0.6 is 0 Å². The molecule has 0 aliphatic carbocycles. The van der Waals surface area contributed by atoms with Crippen LogP contribution in [0.2, 0.25) is 0 Å². The van der Waals surface area contributed by atoms with Crippen LogP contribution in [0.25, 0.3) is 0 Å². The molecule has 0 heterocycles. The number of methoxy groups -OCH3 is 1. The molecule has 0 unspecified atom stereocenters. The highest BCUT2D eigenvalue weighted by atomic mass is 19.4. The number of nitrogens with one attached hydrogen (secondary N) is 2. The van der Waals surface area contributed by atoms with Gasteiger partial charge in [-0.15, -0.1) is 0 Å². The molecule has 0 bridgehead atoms. The molecule has 0 atom stereocenters. The molecular formula is C16H22F3N3O3. The molecule has 0 aliphatic heterocycles. The zero-order valence-corrected chi connectivity index (χ0v) is 14.5. The molecular weight excluding hydrogens is 339 g/mol. The van der Waals surface area contributed by atoms with Crippen molar-refractivity contribution in [2.24, 2.45) is 4.99 Å². The van der Waals surface area contributed by atoms with E-state index in [0.29, 0.717) is 11.3 Å². The third-order valence-electron chi connectivity index (χ3n) is 2.69. The van der Waals surface area contributed by atoms with Gasteiger partial charge in [0, 0.05) is 6.42 Å². The summed E-state index contributed by atoms with van der Waals surface area (Å²) in [5.74, 6) is 0.575. The van der Waals surface area contributed by atoms with Gasteiger partial charge in [-0.05, 0) is 38.5 Å². The van der Waals surface area contributed by atoms with Gasteiger partial charge in [0.1, 0.15) is 23.7 Å². The van der Waals surface area contributed by atoms with Crippen molar-refractivity contribution in [3.63, 3.8) is 0 Å². The minimum Gasteiger partial charge on any atom is -0.497 e. The maximum Gasteiger partial charge on any atom is 0.426 e. The SMILES string of the molecule is COc1ccc(CC(=NCC(F)(F)F)NNC(=O)OC(C)(C)C)cc1. The first-order chi connectivity index (χ1) is 11.5. The summed E-state index contributed by atoms with van der Waals surface area (Å²) >= 11 is 0. The summed E-state index contributed by atoms with van der Waals surface area (Å²) in [6, 6.07) is 6.74. The van der Waals surface area contributed by atoms with Gasteiger partial charge < -0.3 is 9.47 Å². The second-order valence-electron chi connectivity index (χ2n) is 6.15. The highest BCUT2D eigenvalue weighted by molar-refractivity contribution is 5.86. The Balaban J connectivity index is 2.76. The van der Waals surface area contributed by atoms with Gasteiger partial charge in [-0.1, -0.05) is 12.1 Å². The normalized spacial score (nSPS) is 12.5. The second kappa shape index (κ2) is 8.59. The number of aliphatic imine (C=N–C) groups is 1. The van der Waals surface area contributed by atoms with E-state index < -0.39 is 24.4 Å². The number of rotatable bonds is 4. The summed E-state index contributed by atoms with van der Waals surface area (Å²) < 4.78 is 47.3. The molecule has 25 heavy (non-hydrogen) atoms. The van der Waals surface area contributed by atoms with Crippen LogP contribution < -0.4 is 15.6 Å². The topological polar surface area (TPSA) is 72.0 Å². The standard InChI is InChI=1S/C16H22F3N3O3/c1-15(2,3)25-14(23)22-21-13(20-10-16(17,18)19)9-11-5-7-12(24-4)8-6-11/h5-8H,9-10H2,1-4H3,(H,20,21)(H,22,23). The molecule has 2 N–H and O–H groups in total. The number of ether oxygens (including phenoxy) is 2. The molecule has 0 spiro atoms. The molecule has 0 aliphatic rings.